The Bertz CT molecular complexity index is 607. The van der Waals surface area contributed by atoms with Crippen molar-refractivity contribution >= 4 is 31.9 Å². The van der Waals surface area contributed by atoms with Crippen LogP contribution in [0.5, 0.6) is 0 Å². The second-order valence-electron chi connectivity index (χ2n) is 4.49. The molecule has 0 saturated heterocycles. The van der Waals surface area contributed by atoms with Gasteiger partial charge in [-0.1, -0.05) is 22.9 Å². The van der Waals surface area contributed by atoms with Crippen molar-refractivity contribution in [3.8, 4) is 0 Å². The zero-order chi connectivity index (χ0) is 16.0. The van der Waals surface area contributed by atoms with E-state index in [9.17, 15) is 17.6 Å². The monoisotopic (exact) mass is 380 g/mol. The molecule has 0 radical (unpaired) electrons. The molecule has 0 spiro atoms. The quantitative estimate of drug-likeness (QED) is 0.735. The minimum Gasteiger partial charge on any atom is -0.352 e. The predicted molar refractivity (Wildman–Crippen MR) is 83.1 cm³/mol. The van der Waals surface area contributed by atoms with Crippen molar-refractivity contribution < 1.29 is 17.6 Å². The number of hydrogen-bond donors (Lipinski definition) is 1. The third-order valence-electron chi connectivity index (χ3n) is 2.86. The van der Waals surface area contributed by atoms with Crippen LogP contribution >= 0.6 is 15.9 Å². The zero-order valence-corrected chi connectivity index (χ0v) is 14.3. The van der Waals surface area contributed by atoms with E-state index in [0.717, 1.165) is 6.26 Å². The number of carbonyl (C=O) groups is 1. The van der Waals surface area contributed by atoms with Crippen molar-refractivity contribution in [2.75, 3.05) is 25.9 Å². The van der Waals surface area contributed by atoms with Gasteiger partial charge in [0.05, 0.1) is 11.8 Å². The minimum absolute atomic E-state index is 0.0418. The van der Waals surface area contributed by atoms with Crippen LogP contribution < -0.4 is 5.32 Å². The molecule has 8 heteroatoms. The molecule has 0 aliphatic rings. The number of hydrogen-bond acceptors (Lipinski definition) is 3. The van der Waals surface area contributed by atoms with Gasteiger partial charge < -0.3 is 5.32 Å². The highest BCUT2D eigenvalue weighted by Crippen LogP contribution is 2.15. The van der Waals surface area contributed by atoms with Gasteiger partial charge in [0.25, 0.3) is 5.91 Å². The maximum Gasteiger partial charge on any atom is 0.254 e. The summed E-state index contributed by atoms with van der Waals surface area (Å²) in [5.41, 5.74) is -0.0418. The van der Waals surface area contributed by atoms with Crippen molar-refractivity contribution in [1.82, 2.24) is 9.62 Å². The van der Waals surface area contributed by atoms with Gasteiger partial charge in [0.1, 0.15) is 5.82 Å². The summed E-state index contributed by atoms with van der Waals surface area (Å²) in [7, 11) is -3.23. The summed E-state index contributed by atoms with van der Waals surface area (Å²) in [6.45, 7) is 2.72. The molecule has 21 heavy (non-hydrogen) atoms. The predicted octanol–water partition coefficient (Wildman–Crippen LogP) is 1.99. The van der Waals surface area contributed by atoms with E-state index in [1.807, 2.05) is 0 Å². The van der Waals surface area contributed by atoms with E-state index in [2.05, 4.69) is 21.2 Å². The first kappa shape index (κ1) is 18.1. The van der Waals surface area contributed by atoms with Crippen LogP contribution in [0.25, 0.3) is 0 Å². The average molecular weight is 381 g/mol. The van der Waals surface area contributed by atoms with Crippen LogP contribution in [0.4, 0.5) is 4.39 Å². The maximum absolute atomic E-state index is 13.5. The molecule has 1 rings (SSSR count). The molecule has 1 aromatic carbocycles. The number of benzene rings is 1. The van der Waals surface area contributed by atoms with Crippen molar-refractivity contribution in [1.29, 1.82) is 0 Å². The molecule has 1 N–H and O–H groups in total. The lowest BCUT2D eigenvalue weighted by Gasteiger charge is -2.17. The van der Waals surface area contributed by atoms with Crippen LogP contribution in [0.3, 0.4) is 0 Å². The van der Waals surface area contributed by atoms with Crippen LogP contribution in [0, 0.1) is 5.82 Å². The Labute approximate surface area is 132 Å². The number of sulfonamides is 1. The molecule has 1 amide bonds. The SMILES string of the molecule is CCN(CCCNC(=O)c1cc(Br)ccc1F)S(C)(=O)=O. The summed E-state index contributed by atoms with van der Waals surface area (Å²) >= 11 is 3.18. The van der Waals surface area contributed by atoms with Gasteiger partial charge in [-0.15, -0.1) is 0 Å². The van der Waals surface area contributed by atoms with Gasteiger partial charge in [-0.05, 0) is 24.6 Å². The van der Waals surface area contributed by atoms with Gasteiger partial charge in [-0.3, -0.25) is 4.79 Å². The topological polar surface area (TPSA) is 66.5 Å². The second kappa shape index (κ2) is 7.86. The summed E-state index contributed by atoms with van der Waals surface area (Å²) < 4.78 is 38.2. The van der Waals surface area contributed by atoms with E-state index in [4.69, 9.17) is 0 Å². The fourth-order valence-corrected chi connectivity index (χ4v) is 3.07. The smallest absolute Gasteiger partial charge is 0.254 e. The molecule has 0 fully saturated rings. The average Bonchev–Trinajstić information content (AvgIpc) is 2.39. The summed E-state index contributed by atoms with van der Waals surface area (Å²) in [4.78, 5) is 11.8. The van der Waals surface area contributed by atoms with Crippen LogP contribution in [0.1, 0.15) is 23.7 Å². The van der Waals surface area contributed by atoms with Crippen LogP contribution in [-0.4, -0.2) is 44.5 Å². The third-order valence-corrected chi connectivity index (χ3v) is 4.74. The molecule has 5 nitrogen and oxygen atoms in total. The number of halogens is 2. The van der Waals surface area contributed by atoms with Crippen LogP contribution in [-0.2, 0) is 10.0 Å². The second-order valence-corrected chi connectivity index (χ2v) is 7.39. The molecule has 118 valence electrons. The molecule has 0 aliphatic carbocycles. The minimum atomic E-state index is -3.23. The lowest BCUT2D eigenvalue weighted by Crippen LogP contribution is -2.33. The third kappa shape index (κ3) is 5.72. The van der Waals surface area contributed by atoms with Gasteiger partial charge in [0.15, 0.2) is 0 Å². The Kier molecular flexibility index (Phi) is 6.76. The van der Waals surface area contributed by atoms with Gasteiger partial charge in [0.2, 0.25) is 10.0 Å². The van der Waals surface area contributed by atoms with E-state index >= 15 is 0 Å². The molecule has 1 aromatic rings. The summed E-state index contributed by atoms with van der Waals surface area (Å²) in [5, 5.41) is 2.58. The van der Waals surface area contributed by atoms with Gasteiger partial charge in [-0.2, -0.15) is 0 Å². The van der Waals surface area contributed by atoms with Gasteiger partial charge in [-0.25, -0.2) is 17.1 Å². The first-order valence-electron chi connectivity index (χ1n) is 6.44. The molecular formula is C13H18BrFN2O3S. The van der Waals surface area contributed by atoms with E-state index < -0.39 is 21.7 Å². The van der Waals surface area contributed by atoms with Crippen LogP contribution in [0.15, 0.2) is 22.7 Å². The number of carbonyl (C=O) groups excluding carboxylic acids is 1. The molecule has 0 bridgehead atoms. The normalized spacial score (nSPS) is 11.7. The highest BCUT2D eigenvalue weighted by molar-refractivity contribution is 9.10. The molecule has 0 heterocycles. The highest BCUT2D eigenvalue weighted by atomic mass is 79.9. The first-order chi connectivity index (χ1) is 9.75. The fraction of sp³-hybridized carbons (Fsp3) is 0.462. The summed E-state index contributed by atoms with van der Waals surface area (Å²) in [5.74, 6) is -1.11. The van der Waals surface area contributed by atoms with Crippen molar-refractivity contribution in [2.45, 2.75) is 13.3 Å². The largest absolute Gasteiger partial charge is 0.352 e. The molecule has 0 unspecified atom stereocenters. The van der Waals surface area contributed by atoms with E-state index in [1.54, 1.807) is 6.92 Å². The van der Waals surface area contributed by atoms with E-state index in [0.29, 0.717) is 24.0 Å². The van der Waals surface area contributed by atoms with E-state index in [-0.39, 0.29) is 12.1 Å². The van der Waals surface area contributed by atoms with Crippen molar-refractivity contribution in [2.24, 2.45) is 0 Å². The fourth-order valence-electron chi connectivity index (χ4n) is 1.78. The summed E-state index contributed by atoms with van der Waals surface area (Å²) in [6.07, 6.45) is 1.61. The number of rotatable bonds is 7. The number of nitrogens with one attached hydrogen (secondary N) is 1. The van der Waals surface area contributed by atoms with Crippen molar-refractivity contribution in [3.05, 3.63) is 34.1 Å². The maximum atomic E-state index is 13.5. The molecule has 0 aromatic heterocycles. The Morgan fingerprint density at radius 2 is 2.10 bits per heavy atom. The standard InChI is InChI=1S/C13H18BrFN2O3S/c1-3-17(21(2,19)20)8-4-7-16-13(18)11-9-10(14)5-6-12(11)15/h5-6,9H,3-4,7-8H2,1-2H3,(H,16,18). The molecule has 0 aliphatic heterocycles. The zero-order valence-electron chi connectivity index (χ0n) is 11.9. The lowest BCUT2D eigenvalue weighted by atomic mass is 10.2. The van der Waals surface area contributed by atoms with Gasteiger partial charge >= 0.3 is 0 Å². The summed E-state index contributed by atoms with van der Waals surface area (Å²) in [6, 6.07) is 4.12. The number of nitrogens with zero attached hydrogens (tertiary/aromatic N) is 1. The van der Waals surface area contributed by atoms with Crippen LogP contribution in [0.2, 0.25) is 0 Å². The molecular weight excluding hydrogens is 363 g/mol. The Morgan fingerprint density at radius 3 is 2.67 bits per heavy atom. The molecule has 0 saturated carbocycles. The first-order valence-corrected chi connectivity index (χ1v) is 9.08. The Morgan fingerprint density at radius 1 is 1.43 bits per heavy atom. The molecule has 0 atom stereocenters. The van der Waals surface area contributed by atoms with Crippen molar-refractivity contribution in [3.63, 3.8) is 0 Å². The Hall–Kier alpha value is -0.990. The number of amides is 1. The van der Waals surface area contributed by atoms with E-state index in [1.165, 1.54) is 22.5 Å². The highest BCUT2D eigenvalue weighted by Gasteiger charge is 2.14. The Balaban J connectivity index is 2.49. The van der Waals surface area contributed by atoms with Gasteiger partial charge in [0, 0.05) is 24.1 Å². The lowest BCUT2D eigenvalue weighted by molar-refractivity contribution is 0.0948.